The summed E-state index contributed by atoms with van der Waals surface area (Å²) in [5.41, 5.74) is 2.86. The van der Waals surface area contributed by atoms with Crippen molar-refractivity contribution >= 4 is 17.5 Å². The van der Waals surface area contributed by atoms with Gasteiger partial charge in [-0.1, -0.05) is 24.3 Å². The number of fused-ring (bicyclic) bond motifs is 3. The number of benzene rings is 1. The first-order chi connectivity index (χ1) is 9.79. The van der Waals surface area contributed by atoms with E-state index in [2.05, 4.69) is 29.2 Å². The molecule has 108 valence electrons. The summed E-state index contributed by atoms with van der Waals surface area (Å²) >= 11 is 5.68. The van der Waals surface area contributed by atoms with Crippen molar-refractivity contribution in [2.45, 2.75) is 25.3 Å². The highest BCUT2D eigenvalue weighted by Gasteiger charge is 2.33. The lowest BCUT2D eigenvalue weighted by molar-refractivity contribution is -0.134. The highest BCUT2D eigenvalue weighted by molar-refractivity contribution is 6.17. The second kappa shape index (κ2) is 6.15. The van der Waals surface area contributed by atoms with Crippen molar-refractivity contribution in [2.24, 2.45) is 0 Å². The summed E-state index contributed by atoms with van der Waals surface area (Å²) in [6.45, 7) is 3.80. The topological polar surface area (TPSA) is 23.6 Å². The van der Waals surface area contributed by atoms with Gasteiger partial charge in [0.25, 0.3) is 0 Å². The zero-order valence-corrected chi connectivity index (χ0v) is 12.5. The van der Waals surface area contributed by atoms with Crippen molar-refractivity contribution in [3.63, 3.8) is 0 Å². The van der Waals surface area contributed by atoms with Crippen LogP contribution in [0.2, 0.25) is 0 Å². The largest absolute Gasteiger partial charge is 0.339 e. The number of halogens is 1. The first-order valence-corrected chi connectivity index (χ1v) is 7.98. The van der Waals surface area contributed by atoms with Gasteiger partial charge in [0.2, 0.25) is 5.91 Å². The molecular formula is C16H21ClN2O. The fraction of sp³-hybridized carbons (Fsp3) is 0.562. The summed E-state index contributed by atoms with van der Waals surface area (Å²) < 4.78 is 0. The van der Waals surface area contributed by atoms with Gasteiger partial charge in [-0.15, -0.1) is 11.6 Å². The Morgan fingerprint density at radius 3 is 2.95 bits per heavy atom. The van der Waals surface area contributed by atoms with Gasteiger partial charge in [0.1, 0.15) is 0 Å². The van der Waals surface area contributed by atoms with Crippen molar-refractivity contribution in [1.82, 2.24) is 9.80 Å². The van der Waals surface area contributed by atoms with Crippen LogP contribution in [-0.2, 0) is 11.2 Å². The minimum atomic E-state index is 0.258. The standard InChI is InChI=1S/C16H21ClN2O/c17-8-3-6-16(20)19-11-10-18-9-7-13-4-1-2-5-14(13)15(18)12-19/h1-2,4-5,15H,3,6-12H2. The number of alkyl halides is 1. The predicted octanol–water partition coefficient (Wildman–Crippen LogP) is 2.45. The maximum absolute atomic E-state index is 12.2. The third-order valence-corrected chi connectivity index (χ3v) is 4.72. The molecule has 1 unspecified atom stereocenters. The van der Waals surface area contributed by atoms with Crippen LogP contribution in [0.25, 0.3) is 0 Å². The van der Waals surface area contributed by atoms with Crippen LogP contribution < -0.4 is 0 Å². The molecule has 2 heterocycles. The highest BCUT2D eigenvalue weighted by atomic mass is 35.5. The molecule has 0 aliphatic carbocycles. The molecule has 0 bridgehead atoms. The monoisotopic (exact) mass is 292 g/mol. The van der Waals surface area contributed by atoms with E-state index in [0.717, 1.165) is 39.0 Å². The number of hydrogen-bond donors (Lipinski definition) is 0. The lowest BCUT2D eigenvalue weighted by Crippen LogP contribution is -2.52. The fourth-order valence-corrected chi connectivity index (χ4v) is 3.47. The first-order valence-electron chi connectivity index (χ1n) is 7.45. The number of carbonyl (C=O) groups excluding carboxylic acids is 1. The summed E-state index contributed by atoms with van der Waals surface area (Å²) in [6, 6.07) is 9.05. The van der Waals surface area contributed by atoms with E-state index in [-0.39, 0.29) is 5.91 Å². The Morgan fingerprint density at radius 2 is 2.10 bits per heavy atom. The molecule has 0 radical (unpaired) electrons. The van der Waals surface area contributed by atoms with E-state index in [9.17, 15) is 4.79 Å². The maximum atomic E-state index is 12.2. The molecule has 2 aliphatic heterocycles. The van der Waals surface area contributed by atoms with Gasteiger partial charge in [-0.25, -0.2) is 0 Å². The van der Waals surface area contributed by atoms with Crippen molar-refractivity contribution < 1.29 is 4.79 Å². The van der Waals surface area contributed by atoms with E-state index < -0.39 is 0 Å². The molecule has 3 nitrogen and oxygen atoms in total. The molecule has 1 amide bonds. The van der Waals surface area contributed by atoms with Gasteiger partial charge in [-0.3, -0.25) is 9.69 Å². The lowest BCUT2D eigenvalue weighted by atomic mass is 9.91. The van der Waals surface area contributed by atoms with Gasteiger partial charge < -0.3 is 4.90 Å². The van der Waals surface area contributed by atoms with Gasteiger partial charge in [-0.2, -0.15) is 0 Å². The third kappa shape index (κ3) is 2.70. The molecule has 1 aromatic rings. The summed E-state index contributed by atoms with van der Waals surface area (Å²) in [5, 5.41) is 0. The van der Waals surface area contributed by atoms with Gasteiger partial charge in [0, 0.05) is 38.5 Å². The number of piperazine rings is 1. The molecule has 4 heteroatoms. The zero-order valence-electron chi connectivity index (χ0n) is 11.7. The number of rotatable bonds is 3. The van der Waals surface area contributed by atoms with Crippen molar-refractivity contribution in [3.05, 3.63) is 35.4 Å². The molecule has 1 fully saturated rings. The van der Waals surface area contributed by atoms with E-state index in [0.29, 0.717) is 18.3 Å². The average Bonchev–Trinajstić information content (AvgIpc) is 2.52. The lowest BCUT2D eigenvalue weighted by Gasteiger charge is -2.45. The molecule has 1 aromatic carbocycles. The number of amides is 1. The Morgan fingerprint density at radius 1 is 1.25 bits per heavy atom. The molecule has 0 spiro atoms. The minimum absolute atomic E-state index is 0.258. The molecule has 0 saturated carbocycles. The van der Waals surface area contributed by atoms with Crippen LogP contribution in [0.4, 0.5) is 0 Å². The van der Waals surface area contributed by atoms with Gasteiger partial charge in [-0.05, 0) is 24.0 Å². The Bertz CT molecular complexity index is 491. The number of nitrogens with zero attached hydrogens (tertiary/aromatic N) is 2. The summed E-state index contributed by atoms with van der Waals surface area (Å²) in [4.78, 5) is 16.7. The summed E-state index contributed by atoms with van der Waals surface area (Å²) in [5.74, 6) is 0.825. The highest BCUT2D eigenvalue weighted by Crippen LogP contribution is 2.32. The van der Waals surface area contributed by atoms with E-state index in [1.54, 1.807) is 0 Å². The minimum Gasteiger partial charge on any atom is -0.339 e. The molecule has 2 aliphatic rings. The van der Waals surface area contributed by atoms with Crippen LogP contribution in [-0.4, -0.2) is 47.8 Å². The molecule has 1 saturated heterocycles. The Hall–Kier alpha value is -1.06. The summed E-state index contributed by atoms with van der Waals surface area (Å²) in [7, 11) is 0. The molecule has 20 heavy (non-hydrogen) atoms. The Labute approximate surface area is 125 Å². The second-order valence-electron chi connectivity index (χ2n) is 5.63. The van der Waals surface area contributed by atoms with Crippen molar-refractivity contribution in [1.29, 1.82) is 0 Å². The molecule has 3 rings (SSSR count). The van der Waals surface area contributed by atoms with E-state index in [4.69, 9.17) is 11.6 Å². The van der Waals surface area contributed by atoms with Crippen LogP contribution in [0, 0.1) is 0 Å². The number of hydrogen-bond acceptors (Lipinski definition) is 2. The van der Waals surface area contributed by atoms with Gasteiger partial charge >= 0.3 is 0 Å². The van der Waals surface area contributed by atoms with Crippen LogP contribution in [0.15, 0.2) is 24.3 Å². The summed E-state index contributed by atoms with van der Waals surface area (Å²) in [6.07, 6.45) is 2.49. The predicted molar refractivity (Wildman–Crippen MR) is 81.0 cm³/mol. The average molecular weight is 293 g/mol. The van der Waals surface area contributed by atoms with Crippen LogP contribution >= 0.6 is 11.6 Å². The van der Waals surface area contributed by atoms with Crippen LogP contribution in [0.5, 0.6) is 0 Å². The quantitative estimate of drug-likeness (QED) is 0.799. The Balaban J connectivity index is 1.74. The maximum Gasteiger partial charge on any atom is 0.222 e. The normalized spacial score (nSPS) is 22.2. The fourth-order valence-electron chi connectivity index (χ4n) is 3.34. The molecule has 0 N–H and O–H groups in total. The van der Waals surface area contributed by atoms with Crippen molar-refractivity contribution in [2.75, 3.05) is 32.1 Å². The van der Waals surface area contributed by atoms with Gasteiger partial charge in [0.05, 0.1) is 6.04 Å². The smallest absolute Gasteiger partial charge is 0.222 e. The second-order valence-corrected chi connectivity index (χ2v) is 6.01. The third-order valence-electron chi connectivity index (χ3n) is 4.45. The van der Waals surface area contributed by atoms with Crippen LogP contribution in [0.3, 0.4) is 0 Å². The molecule has 0 aromatic heterocycles. The molecule has 1 atom stereocenters. The van der Waals surface area contributed by atoms with E-state index >= 15 is 0 Å². The van der Waals surface area contributed by atoms with Crippen LogP contribution in [0.1, 0.15) is 30.0 Å². The zero-order chi connectivity index (χ0) is 13.9. The van der Waals surface area contributed by atoms with E-state index in [1.807, 2.05) is 4.90 Å². The Kier molecular flexibility index (Phi) is 4.27. The molecular weight excluding hydrogens is 272 g/mol. The first kappa shape index (κ1) is 13.9. The van der Waals surface area contributed by atoms with E-state index in [1.165, 1.54) is 11.1 Å². The van der Waals surface area contributed by atoms with Gasteiger partial charge in [0.15, 0.2) is 0 Å². The number of carbonyl (C=O) groups is 1. The SMILES string of the molecule is O=C(CCCCl)N1CCN2CCc3ccccc3C2C1. The van der Waals surface area contributed by atoms with Crippen molar-refractivity contribution in [3.8, 4) is 0 Å².